The number of ketones is 1. The molecule has 0 aromatic heterocycles. The van der Waals surface area contributed by atoms with Crippen LogP contribution in [0, 0.1) is 3.57 Å². The van der Waals surface area contributed by atoms with Crippen molar-refractivity contribution in [3.05, 3.63) is 39.1 Å². The van der Waals surface area contributed by atoms with E-state index in [0.717, 1.165) is 3.57 Å². The van der Waals surface area contributed by atoms with Gasteiger partial charge in [0.1, 0.15) is 0 Å². The summed E-state index contributed by atoms with van der Waals surface area (Å²) in [7, 11) is 3.66. The first-order valence-corrected chi connectivity index (χ1v) is 6.56. The summed E-state index contributed by atoms with van der Waals surface area (Å²) in [6.45, 7) is 0. The minimum atomic E-state index is -0.155. The normalized spacial score (nSPS) is 17.2. The molecule has 0 saturated heterocycles. The highest BCUT2D eigenvalue weighted by Crippen LogP contribution is 2.26. The van der Waals surface area contributed by atoms with Crippen LogP contribution in [0.5, 0.6) is 0 Å². The number of nitrogens with zero attached hydrogens (tertiary/aromatic N) is 1. The van der Waals surface area contributed by atoms with E-state index >= 15 is 0 Å². The third-order valence-electron chi connectivity index (χ3n) is 2.56. The van der Waals surface area contributed by atoms with Crippen molar-refractivity contribution >= 4 is 40.0 Å². The Bertz CT molecular complexity index is 550. The quantitative estimate of drug-likeness (QED) is 0.620. The van der Waals surface area contributed by atoms with Gasteiger partial charge in [0.05, 0.1) is 12.1 Å². The number of rotatable bonds is 1. The lowest BCUT2D eigenvalue weighted by Gasteiger charge is -2.08. The zero-order valence-corrected chi connectivity index (χ0v) is 12.3. The largest absolute Gasteiger partial charge is 0.383 e. The molecule has 1 aromatic rings. The molecule has 0 fully saturated rings. The summed E-state index contributed by atoms with van der Waals surface area (Å²) in [5, 5.41) is 2.77. The number of carbonyl (C=O) groups is 2. The van der Waals surface area contributed by atoms with E-state index in [4.69, 9.17) is 0 Å². The molecular weight excluding hydrogens is 343 g/mol. The minimum absolute atomic E-state index is 0.0894. The highest BCUT2D eigenvalue weighted by molar-refractivity contribution is 14.1. The average Bonchev–Trinajstić information content (AvgIpc) is 2.36. The predicted molar refractivity (Wildman–Crippen MR) is 78.5 cm³/mol. The first-order valence-electron chi connectivity index (χ1n) is 5.48. The maximum atomic E-state index is 12.3. The van der Waals surface area contributed by atoms with Gasteiger partial charge in [-0.3, -0.25) is 9.59 Å². The Kier molecular flexibility index (Phi) is 3.70. The van der Waals surface area contributed by atoms with E-state index in [1.165, 1.54) is 0 Å². The van der Waals surface area contributed by atoms with Crippen molar-refractivity contribution in [1.82, 2.24) is 4.90 Å². The van der Waals surface area contributed by atoms with E-state index in [1.54, 1.807) is 17.2 Å². The maximum absolute atomic E-state index is 12.3. The maximum Gasteiger partial charge on any atom is 0.229 e. The van der Waals surface area contributed by atoms with Gasteiger partial charge >= 0.3 is 0 Å². The first kappa shape index (κ1) is 13.1. The van der Waals surface area contributed by atoms with E-state index in [1.807, 2.05) is 26.2 Å². The summed E-state index contributed by atoms with van der Waals surface area (Å²) in [6.07, 6.45) is 1.82. The second-order valence-corrected chi connectivity index (χ2v) is 5.61. The van der Waals surface area contributed by atoms with Gasteiger partial charge in [-0.2, -0.15) is 0 Å². The second kappa shape index (κ2) is 5.09. The highest BCUT2D eigenvalue weighted by atomic mass is 127. The monoisotopic (exact) mass is 356 g/mol. The van der Waals surface area contributed by atoms with Crippen molar-refractivity contribution in [2.75, 3.05) is 19.4 Å². The molecular formula is C13H13IN2O2. The Balaban J connectivity index is 2.52. The SMILES string of the molecule is CN(C)/C=C1\CC(=O)Nc2cc(I)ccc2C1=O. The topological polar surface area (TPSA) is 49.4 Å². The molecule has 4 nitrogen and oxygen atoms in total. The van der Waals surface area contributed by atoms with Gasteiger partial charge in [-0.25, -0.2) is 0 Å². The number of Topliss-reactive ketones (excluding diaryl/α,β-unsaturated/α-hetero) is 1. The molecule has 94 valence electrons. The number of fused-ring (bicyclic) bond motifs is 1. The van der Waals surface area contributed by atoms with Gasteiger partial charge in [0.2, 0.25) is 5.91 Å². The third-order valence-corrected chi connectivity index (χ3v) is 3.23. The van der Waals surface area contributed by atoms with Gasteiger partial charge in [0.15, 0.2) is 5.78 Å². The molecule has 0 radical (unpaired) electrons. The average molecular weight is 356 g/mol. The predicted octanol–water partition coefficient (Wildman–Crippen LogP) is 2.26. The fourth-order valence-electron chi connectivity index (χ4n) is 1.85. The molecule has 1 aliphatic rings. The molecule has 1 aliphatic heterocycles. The van der Waals surface area contributed by atoms with Crippen LogP contribution in [-0.4, -0.2) is 30.7 Å². The van der Waals surface area contributed by atoms with E-state index in [2.05, 4.69) is 27.9 Å². The Labute approximate surface area is 119 Å². The molecule has 1 heterocycles. The van der Waals surface area contributed by atoms with Crippen molar-refractivity contribution in [3.8, 4) is 0 Å². The molecule has 0 bridgehead atoms. The zero-order chi connectivity index (χ0) is 13.3. The van der Waals surface area contributed by atoms with Crippen LogP contribution in [0.3, 0.4) is 0 Å². The van der Waals surface area contributed by atoms with Crippen LogP contribution in [0.15, 0.2) is 30.0 Å². The fourth-order valence-corrected chi connectivity index (χ4v) is 2.35. The molecule has 0 saturated carbocycles. The molecule has 1 aromatic carbocycles. The lowest BCUT2D eigenvalue weighted by atomic mass is 10.0. The van der Waals surface area contributed by atoms with Gasteiger partial charge < -0.3 is 10.2 Å². The summed E-state index contributed by atoms with van der Waals surface area (Å²) in [4.78, 5) is 25.9. The Morgan fingerprint density at radius 3 is 2.72 bits per heavy atom. The van der Waals surface area contributed by atoms with Gasteiger partial charge in [-0.1, -0.05) is 0 Å². The van der Waals surface area contributed by atoms with Gasteiger partial charge in [0, 0.05) is 35.0 Å². The summed E-state index contributed by atoms with van der Waals surface area (Å²) >= 11 is 2.15. The van der Waals surface area contributed by atoms with E-state index in [0.29, 0.717) is 16.8 Å². The number of amides is 1. The summed E-state index contributed by atoms with van der Waals surface area (Å²) < 4.78 is 0.986. The molecule has 1 N–H and O–H groups in total. The van der Waals surface area contributed by atoms with Crippen molar-refractivity contribution in [2.24, 2.45) is 0 Å². The number of carbonyl (C=O) groups excluding carboxylic acids is 2. The molecule has 0 spiro atoms. The molecule has 0 atom stereocenters. The second-order valence-electron chi connectivity index (χ2n) is 4.36. The zero-order valence-electron chi connectivity index (χ0n) is 10.2. The standard InChI is InChI=1S/C13H13IN2O2/c1-16(2)7-8-5-12(17)15-11-6-9(14)3-4-10(11)13(8)18/h3-4,6-7H,5H2,1-2H3,(H,15,17)/b8-7+. The highest BCUT2D eigenvalue weighted by Gasteiger charge is 2.24. The summed E-state index contributed by atoms with van der Waals surface area (Å²) in [6, 6.07) is 5.43. The van der Waals surface area contributed by atoms with Gasteiger partial charge in [-0.15, -0.1) is 0 Å². The molecule has 0 aliphatic carbocycles. The summed E-state index contributed by atoms with van der Waals surface area (Å²) in [5.74, 6) is -0.245. The number of hydrogen-bond acceptors (Lipinski definition) is 3. The minimum Gasteiger partial charge on any atom is -0.383 e. The van der Waals surface area contributed by atoms with Crippen LogP contribution >= 0.6 is 22.6 Å². The van der Waals surface area contributed by atoms with E-state index in [9.17, 15) is 9.59 Å². The fraction of sp³-hybridized carbons (Fsp3) is 0.231. The van der Waals surface area contributed by atoms with Crippen LogP contribution in [-0.2, 0) is 4.79 Å². The Morgan fingerprint density at radius 1 is 1.33 bits per heavy atom. The smallest absolute Gasteiger partial charge is 0.229 e. The number of benzene rings is 1. The first-order chi connectivity index (χ1) is 8.47. The Morgan fingerprint density at radius 2 is 2.06 bits per heavy atom. The van der Waals surface area contributed by atoms with Gasteiger partial charge in [0.25, 0.3) is 0 Å². The number of anilines is 1. The van der Waals surface area contributed by atoms with E-state index < -0.39 is 0 Å². The lowest BCUT2D eigenvalue weighted by Crippen LogP contribution is -2.12. The molecule has 18 heavy (non-hydrogen) atoms. The van der Waals surface area contributed by atoms with Crippen molar-refractivity contribution in [3.63, 3.8) is 0 Å². The molecule has 5 heteroatoms. The molecule has 1 amide bonds. The summed E-state index contributed by atoms with van der Waals surface area (Å²) in [5.41, 5.74) is 1.66. The lowest BCUT2D eigenvalue weighted by molar-refractivity contribution is -0.115. The van der Waals surface area contributed by atoms with Crippen LogP contribution in [0.25, 0.3) is 0 Å². The van der Waals surface area contributed by atoms with E-state index in [-0.39, 0.29) is 18.1 Å². The van der Waals surface area contributed by atoms with Crippen LogP contribution in [0.4, 0.5) is 5.69 Å². The van der Waals surface area contributed by atoms with Crippen molar-refractivity contribution < 1.29 is 9.59 Å². The number of halogens is 1. The van der Waals surface area contributed by atoms with Gasteiger partial charge in [-0.05, 0) is 40.8 Å². The molecule has 2 rings (SSSR count). The van der Waals surface area contributed by atoms with Crippen molar-refractivity contribution in [1.29, 1.82) is 0 Å². The Hall–Kier alpha value is -1.37. The number of nitrogens with one attached hydrogen (secondary N) is 1. The van der Waals surface area contributed by atoms with Crippen LogP contribution < -0.4 is 5.32 Å². The third kappa shape index (κ3) is 2.72. The van der Waals surface area contributed by atoms with Crippen LogP contribution in [0.2, 0.25) is 0 Å². The molecule has 0 unspecified atom stereocenters. The van der Waals surface area contributed by atoms with Crippen molar-refractivity contribution in [2.45, 2.75) is 6.42 Å². The van der Waals surface area contributed by atoms with Crippen LogP contribution in [0.1, 0.15) is 16.8 Å². The number of hydrogen-bond donors (Lipinski definition) is 1.